The van der Waals surface area contributed by atoms with Crippen molar-refractivity contribution in [2.45, 2.75) is 12.6 Å². The summed E-state index contributed by atoms with van der Waals surface area (Å²) in [7, 11) is 1.63. The Morgan fingerprint density at radius 2 is 1.95 bits per heavy atom. The number of hydrogen-bond donors (Lipinski definition) is 2. The minimum atomic E-state index is -0.0624. The lowest BCUT2D eigenvalue weighted by molar-refractivity contribution is 0.0963. The monoisotopic (exact) mass is 282 g/mol. The molecule has 4 heteroatoms. The van der Waals surface area contributed by atoms with Crippen LogP contribution in [0, 0.1) is 0 Å². The van der Waals surface area contributed by atoms with E-state index in [0.29, 0.717) is 12.2 Å². The standard InChI is InChI=1S/C17H18N2O2/c1-18-17(20)13-8-6-12(7-9-13)10-19-15-11-21-16-5-3-2-4-14(15)16/h2-9,15,19H,10-11H2,1H3,(H,18,20). The van der Waals surface area contributed by atoms with Crippen LogP contribution in [0.5, 0.6) is 5.75 Å². The zero-order valence-corrected chi connectivity index (χ0v) is 11.9. The van der Waals surface area contributed by atoms with E-state index in [1.165, 1.54) is 5.56 Å². The van der Waals surface area contributed by atoms with Crippen molar-refractivity contribution in [3.05, 3.63) is 65.2 Å². The Labute approximate surface area is 124 Å². The van der Waals surface area contributed by atoms with E-state index in [4.69, 9.17) is 4.74 Å². The molecule has 2 aromatic carbocycles. The molecule has 0 aromatic heterocycles. The van der Waals surface area contributed by atoms with E-state index in [1.54, 1.807) is 7.05 Å². The Morgan fingerprint density at radius 3 is 2.71 bits per heavy atom. The molecule has 2 N–H and O–H groups in total. The lowest BCUT2D eigenvalue weighted by atomic mass is 10.1. The number of fused-ring (bicyclic) bond motifs is 1. The van der Waals surface area contributed by atoms with Gasteiger partial charge in [0.2, 0.25) is 0 Å². The molecule has 3 rings (SSSR count). The molecule has 0 radical (unpaired) electrons. The van der Waals surface area contributed by atoms with Gasteiger partial charge in [-0.2, -0.15) is 0 Å². The molecule has 4 nitrogen and oxygen atoms in total. The fourth-order valence-electron chi connectivity index (χ4n) is 2.49. The third kappa shape index (κ3) is 2.90. The maximum atomic E-state index is 11.5. The summed E-state index contributed by atoms with van der Waals surface area (Å²) in [6.07, 6.45) is 0. The van der Waals surface area contributed by atoms with E-state index in [0.717, 1.165) is 17.9 Å². The Kier molecular flexibility index (Phi) is 3.88. The van der Waals surface area contributed by atoms with Gasteiger partial charge in [-0.1, -0.05) is 30.3 Å². The second-order valence-corrected chi connectivity index (χ2v) is 5.06. The first kappa shape index (κ1) is 13.6. The minimum Gasteiger partial charge on any atom is -0.491 e. The number of nitrogens with one attached hydrogen (secondary N) is 2. The van der Waals surface area contributed by atoms with Gasteiger partial charge >= 0.3 is 0 Å². The van der Waals surface area contributed by atoms with E-state index >= 15 is 0 Å². The van der Waals surface area contributed by atoms with E-state index in [9.17, 15) is 4.79 Å². The van der Waals surface area contributed by atoms with Crippen molar-refractivity contribution in [1.82, 2.24) is 10.6 Å². The Hall–Kier alpha value is -2.33. The summed E-state index contributed by atoms with van der Waals surface area (Å²) >= 11 is 0. The van der Waals surface area contributed by atoms with Gasteiger partial charge in [0, 0.05) is 24.7 Å². The summed E-state index contributed by atoms with van der Waals surface area (Å²) in [5.74, 6) is 0.901. The van der Waals surface area contributed by atoms with Crippen LogP contribution in [0.3, 0.4) is 0 Å². The van der Waals surface area contributed by atoms with Crippen molar-refractivity contribution in [1.29, 1.82) is 0 Å². The van der Waals surface area contributed by atoms with Gasteiger partial charge in [-0.15, -0.1) is 0 Å². The number of rotatable bonds is 4. The SMILES string of the molecule is CNC(=O)c1ccc(CNC2COc3ccccc32)cc1. The van der Waals surface area contributed by atoms with Gasteiger partial charge < -0.3 is 15.4 Å². The molecule has 0 saturated heterocycles. The molecule has 1 amide bonds. The van der Waals surface area contributed by atoms with Gasteiger partial charge in [-0.3, -0.25) is 4.79 Å². The summed E-state index contributed by atoms with van der Waals surface area (Å²) in [4.78, 5) is 11.5. The predicted octanol–water partition coefficient (Wildman–Crippen LogP) is 2.27. The van der Waals surface area contributed by atoms with Crippen LogP contribution in [0.15, 0.2) is 48.5 Å². The van der Waals surface area contributed by atoms with Crippen LogP contribution in [0.25, 0.3) is 0 Å². The molecule has 0 aliphatic carbocycles. The van der Waals surface area contributed by atoms with Crippen molar-refractivity contribution in [2.24, 2.45) is 0 Å². The lowest BCUT2D eigenvalue weighted by Crippen LogP contribution is -2.22. The lowest BCUT2D eigenvalue weighted by Gasteiger charge is -2.12. The zero-order chi connectivity index (χ0) is 14.7. The average molecular weight is 282 g/mol. The molecule has 1 heterocycles. The minimum absolute atomic E-state index is 0.0624. The molecule has 1 aliphatic rings. The number of para-hydroxylation sites is 1. The van der Waals surface area contributed by atoms with Gasteiger partial charge in [-0.25, -0.2) is 0 Å². The number of carbonyl (C=O) groups is 1. The molecule has 1 aliphatic heterocycles. The topological polar surface area (TPSA) is 50.4 Å². The molecule has 1 unspecified atom stereocenters. The molecule has 0 saturated carbocycles. The predicted molar refractivity (Wildman–Crippen MR) is 81.3 cm³/mol. The van der Waals surface area contributed by atoms with Crippen LogP contribution in [-0.2, 0) is 6.54 Å². The van der Waals surface area contributed by atoms with E-state index < -0.39 is 0 Å². The number of amides is 1. The third-order valence-corrected chi connectivity index (χ3v) is 3.70. The molecule has 0 bridgehead atoms. The fraction of sp³-hybridized carbons (Fsp3) is 0.235. The van der Waals surface area contributed by atoms with Gasteiger partial charge in [0.25, 0.3) is 5.91 Å². The van der Waals surface area contributed by atoms with Gasteiger partial charge in [0.1, 0.15) is 12.4 Å². The zero-order valence-electron chi connectivity index (χ0n) is 11.9. The first-order valence-corrected chi connectivity index (χ1v) is 7.04. The number of ether oxygens (including phenoxy) is 1. The van der Waals surface area contributed by atoms with Crippen LogP contribution in [0.4, 0.5) is 0 Å². The Morgan fingerprint density at radius 1 is 1.19 bits per heavy atom. The normalized spacial score (nSPS) is 16.1. The van der Waals surface area contributed by atoms with Crippen LogP contribution in [0.2, 0.25) is 0 Å². The Bertz CT molecular complexity index is 637. The molecular weight excluding hydrogens is 264 g/mol. The highest BCUT2D eigenvalue weighted by atomic mass is 16.5. The molecule has 1 atom stereocenters. The molecule has 2 aromatic rings. The summed E-state index contributed by atoms with van der Waals surface area (Å²) in [5, 5.41) is 6.11. The van der Waals surface area contributed by atoms with Crippen LogP contribution < -0.4 is 15.4 Å². The van der Waals surface area contributed by atoms with Crippen molar-refractivity contribution in [3.8, 4) is 5.75 Å². The number of benzene rings is 2. The van der Waals surface area contributed by atoms with Gasteiger partial charge in [0.05, 0.1) is 6.04 Å². The van der Waals surface area contributed by atoms with Crippen molar-refractivity contribution in [2.75, 3.05) is 13.7 Å². The smallest absolute Gasteiger partial charge is 0.251 e. The highest BCUT2D eigenvalue weighted by molar-refractivity contribution is 5.93. The molecule has 108 valence electrons. The summed E-state index contributed by atoms with van der Waals surface area (Å²) in [6.45, 7) is 1.41. The first-order chi connectivity index (χ1) is 10.3. The summed E-state index contributed by atoms with van der Waals surface area (Å²) < 4.78 is 5.65. The maximum Gasteiger partial charge on any atom is 0.251 e. The third-order valence-electron chi connectivity index (χ3n) is 3.70. The molecule has 21 heavy (non-hydrogen) atoms. The second-order valence-electron chi connectivity index (χ2n) is 5.06. The number of carbonyl (C=O) groups excluding carboxylic acids is 1. The van der Waals surface area contributed by atoms with E-state index in [-0.39, 0.29) is 11.9 Å². The van der Waals surface area contributed by atoms with Crippen molar-refractivity contribution < 1.29 is 9.53 Å². The molecule has 0 fully saturated rings. The average Bonchev–Trinajstić information content (AvgIpc) is 2.96. The Balaban J connectivity index is 1.62. The number of hydrogen-bond acceptors (Lipinski definition) is 3. The quantitative estimate of drug-likeness (QED) is 0.904. The first-order valence-electron chi connectivity index (χ1n) is 7.04. The van der Waals surface area contributed by atoms with Crippen LogP contribution in [0.1, 0.15) is 27.5 Å². The largest absolute Gasteiger partial charge is 0.491 e. The summed E-state index contributed by atoms with van der Waals surface area (Å²) in [6, 6.07) is 15.9. The van der Waals surface area contributed by atoms with Crippen LogP contribution in [-0.4, -0.2) is 19.6 Å². The van der Waals surface area contributed by atoms with E-state index in [1.807, 2.05) is 42.5 Å². The summed E-state index contributed by atoms with van der Waals surface area (Å²) in [5.41, 5.74) is 3.03. The molecule has 0 spiro atoms. The van der Waals surface area contributed by atoms with Crippen molar-refractivity contribution >= 4 is 5.91 Å². The van der Waals surface area contributed by atoms with Gasteiger partial charge in [-0.05, 0) is 23.8 Å². The molecular formula is C17H18N2O2. The maximum absolute atomic E-state index is 11.5. The van der Waals surface area contributed by atoms with Gasteiger partial charge in [0.15, 0.2) is 0 Å². The van der Waals surface area contributed by atoms with Crippen molar-refractivity contribution in [3.63, 3.8) is 0 Å². The van der Waals surface area contributed by atoms with Crippen LogP contribution >= 0.6 is 0 Å². The second kappa shape index (κ2) is 5.97. The fourth-order valence-corrected chi connectivity index (χ4v) is 2.49. The highest BCUT2D eigenvalue weighted by Crippen LogP contribution is 2.31. The van der Waals surface area contributed by atoms with E-state index in [2.05, 4.69) is 16.7 Å². The highest BCUT2D eigenvalue weighted by Gasteiger charge is 2.22.